The van der Waals surface area contributed by atoms with Crippen LogP contribution in [0.4, 0.5) is 0 Å². The third-order valence-corrected chi connectivity index (χ3v) is 4.68. The van der Waals surface area contributed by atoms with Gasteiger partial charge in [0, 0.05) is 22.0 Å². The fourth-order valence-corrected chi connectivity index (χ4v) is 2.53. The maximum absolute atomic E-state index is 11.9. The van der Waals surface area contributed by atoms with Crippen molar-refractivity contribution < 1.29 is 28.1 Å². The smallest absolute Gasteiger partial charge is 0.338 e. The topological polar surface area (TPSA) is 98.8 Å². The van der Waals surface area contributed by atoms with Crippen LogP contribution in [0.15, 0.2) is 29.2 Å². The second-order valence-electron chi connectivity index (χ2n) is 5.51. The van der Waals surface area contributed by atoms with Crippen LogP contribution >= 0.6 is 0 Å². The lowest BCUT2D eigenvalue weighted by Gasteiger charge is -2.21. The van der Waals surface area contributed by atoms with Crippen molar-refractivity contribution in [2.75, 3.05) is 20.0 Å². The lowest BCUT2D eigenvalue weighted by Crippen LogP contribution is -2.47. The molecular weight excluding hydrogens is 346 g/mol. The molecule has 1 aromatic carbocycles. The summed E-state index contributed by atoms with van der Waals surface area (Å²) in [5.74, 6) is -1.93. The number of methoxy groups -OCH3 is 1. The Morgan fingerprint density at radius 3 is 2.28 bits per heavy atom. The summed E-state index contributed by atoms with van der Waals surface area (Å²) in [4.78, 5) is 36.2. The van der Waals surface area contributed by atoms with Crippen molar-refractivity contribution in [3.05, 3.63) is 29.8 Å². The minimum Gasteiger partial charge on any atom is -0.467 e. The monoisotopic (exact) mass is 369 g/mol. The molecule has 7 nitrogen and oxygen atoms in total. The van der Waals surface area contributed by atoms with E-state index in [1.165, 1.54) is 25.5 Å². The predicted molar refractivity (Wildman–Crippen MR) is 92.5 cm³/mol. The average molecular weight is 369 g/mol. The zero-order chi connectivity index (χ0) is 19.0. The first-order chi connectivity index (χ1) is 11.8. The van der Waals surface area contributed by atoms with E-state index in [-0.39, 0.29) is 11.5 Å². The summed E-state index contributed by atoms with van der Waals surface area (Å²) in [6.07, 6.45) is 2.21. The molecule has 0 spiro atoms. The zero-order valence-corrected chi connectivity index (χ0v) is 15.6. The van der Waals surface area contributed by atoms with Crippen LogP contribution in [0, 0.1) is 5.92 Å². The lowest BCUT2D eigenvalue weighted by molar-refractivity contribution is -0.147. The van der Waals surface area contributed by atoms with Crippen LogP contribution in [-0.4, -0.2) is 48.1 Å². The highest BCUT2D eigenvalue weighted by molar-refractivity contribution is 7.84. The number of esters is 2. The molecule has 0 aromatic heterocycles. The molecule has 0 bridgehead atoms. The Kier molecular flexibility index (Phi) is 8.27. The summed E-state index contributed by atoms with van der Waals surface area (Å²) >= 11 is 0. The van der Waals surface area contributed by atoms with Crippen molar-refractivity contribution in [2.24, 2.45) is 5.92 Å². The van der Waals surface area contributed by atoms with E-state index < -0.39 is 41.3 Å². The molecule has 0 aliphatic carbocycles. The van der Waals surface area contributed by atoms with Gasteiger partial charge in [-0.15, -0.1) is 0 Å². The molecule has 1 N–H and O–H groups in total. The quantitative estimate of drug-likeness (QED) is 0.693. The van der Waals surface area contributed by atoms with Gasteiger partial charge in [0.05, 0.1) is 12.7 Å². The van der Waals surface area contributed by atoms with Crippen molar-refractivity contribution in [1.82, 2.24) is 5.32 Å². The van der Waals surface area contributed by atoms with Crippen LogP contribution in [0.25, 0.3) is 0 Å². The number of carbonyl (C=O) groups excluding carboxylic acids is 3. The fraction of sp³-hybridized carbons (Fsp3) is 0.471. The van der Waals surface area contributed by atoms with E-state index >= 15 is 0 Å². The van der Waals surface area contributed by atoms with Gasteiger partial charge in [0.2, 0.25) is 0 Å². The normalized spacial score (nSPS) is 14.1. The zero-order valence-electron chi connectivity index (χ0n) is 14.7. The molecule has 1 aromatic rings. The van der Waals surface area contributed by atoms with Crippen LogP contribution in [0.5, 0.6) is 0 Å². The Hall–Kier alpha value is -2.22. The molecular formula is C17H23NO6S. The molecule has 0 heterocycles. The summed E-state index contributed by atoms with van der Waals surface area (Å²) in [6, 6.07) is 5.28. The Labute approximate surface area is 149 Å². The Balaban J connectivity index is 2.60. The Bertz CT molecular complexity index is 643. The predicted octanol–water partition coefficient (Wildman–Crippen LogP) is 1.28. The van der Waals surface area contributed by atoms with Gasteiger partial charge in [-0.1, -0.05) is 20.3 Å². The van der Waals surface area contributed by atoms with Crippen molar-refractivity contribution in [3.63, 3.8) is 0 Å². The standard InChI is InChI=1S/C17H23NO6S/c1-5-11(2)15(17(21)23-3)18-14(19)10-24-16(20)12-6-8-13(9-7-12)25(4)22/h6-9,11,15H,5,10H2,1-4H3,(H,18,19). The van der Waals surface area contributed by atoms with Crippen molar-refractivity contribution in [3.8, 4) is 0 Å². The van der Waals surface area contributed by atoms with Crippen molar-refractivity contribution in [1.29, 1.82) is 0 Å². The minimum absolute atomic E-state index is 0.116. The summed E-state index contributed by atoms with van der Waals surface area (Å²) in [7, 11) is 0.108. The van der Waals surface area contributed by atoms with E-state index in [1.807, 2.05) is 13.8 Å². The maximum atomic E-state index is 11.9. The third kappa shape index (κ3) is 6.30. The number of carbonyl (C=O) groups is 3. The molecule has 3 atom stereocenters. The SMILES string of the molecule is CCC(C)C(NC(=O)COC(=O)c1ccc(S(C)=O)cc1)C(=O)OC. The van der Waals surface area contributed by atoms with Crippen LogP contribution in [0.1, 0.15) is 30.6 Å². The number of amides is 1. The highest BCUT2D eigenvalue weighted by Gasteiger charge is 2.27. The molecule has 8 heteroatoms. The molecule has 138 valence electrons. The maximum Gasteiger partial charge on any atom is 0.338 e. The second-order valence-corrected chi connectivity index (χ2v) is 6.89. The number of nitrogens with one attached hydrogen (secondary N) is 1. The number of hydrogen-bond donors (Lipinski definition) is 1. The van der Waals surface area contributed by atoms with E-state index in [1.54, 1.807) is 12.1 Å². The van der Waals surface area contributed by atoms with E-state index in [0.29, 0.717) is 11.3 Å². The molecule has 1 rings (SSSR count). The van der Waals surface area contributed by atoms with Gasteiger partial charge in [0.25, 0.3) is 5.91 Å². The summed E-state index contributed by atoms with van der Waals surface area (Å²) < 4.78 is 20.9. The average Bonchev–Trinajstić information content (AvgIpc) is 2.62. The van der Waals surface area contributed by atoms with E-state index in [9.17, 15) is 18.6 Å². The number of hydrogen-bond acceptors (Lipinski definition) is 6. The van der Waals surface area contributed by atoms with Gasteiger partial charge in [-0.05, 0) is 30.2 Å². The highest BCUT2D eigenvalue weighted by atomic mass is 32.2. The molecule has 25 heavy (non-hydrogen) atoms. The third-order valence-electron chi connectivity index (χ3n) is 3.74. The van der Waals surface area contributed by atoms with Crippen LogP contribution < -0.4 is 5.32 Å². The molecule has 0 radical (unpaired) electrons. The Morgan fingerprint density at radius 1 is 1.20 bits per heavy atom. The van der Waals surface area contributed by atoms with Gasteiger partial charge in [-0.2, -0.15) is 0 Å². The largest absolute Gasteiger partial charge is 0.467 e. The van der Waals surface area contributed by atoms with E-state index in [2.05, 4.69) is 10.1 Å². The number of ether oxygens (including phenoxy) is 2. The summed E-state index contributed by atoms with van der Waals surface area (Å²) in [6.45, 7) is 3.19. The molecule has 0 aliphatic rings. The van der Waals surface area contributed by atoms with Crippen molar-refractivity contribution in [2.45, 2.75) is 31.2 Å². The highest BCUT2D eigenvalue weighted by Crippen LogP contribution is 2.10. The minimum atomic E-state index is -1.14. The Morgan fingerprint density at radius 2 is 1.80 bits per heavy atom. The van der Waals surface area contributed by atoms with Crippen LogP contribution in [0.2, 0.25) is 0 Å². The van der Waals surface area contributed by atoms with E-state index in [0.717, 1.165) is 0 Å². The molecule has 0 saturated carbocycles. The second kappa shape index (κ2) is 9.93. The first kappa shape index (κ1) is 20.8. The van der Waals surface area contributed by atoms with Gasteiger partial charge in [-0.3, -0.25) is 9.00 Å². The molecule has 0 fully saturated rings. The summed E-state index contributed by atoms with van der Waals surface area (Å²) in [5.41, 5.74) is 0.244. The number of rotatable bonds is 8. The van der Waals surface area contributed by atoms with Gasteiger partial charge in [-0.25, -0.2) is 9.59 Å². The van der Waals surface area contributed by atoms with Crippen molar-refractivity contribution >= 4 is 28.6 Å². The molecule has 3 unspecified atom stereocenters. The first-order valence-electron chi connectivity index (χ1n) is 7.77. The van der Waals surface area contributed by atoms with Gasteiger partial charge >= 0.3 is 11.9 Å². The number of benzene rings is 1. The van der Waals surface area contributed by atoms with Gasteiger partial charge < -0.3 is 14.8 Å². The first-order valence-corrected chi connectivity index (χ1v) is 9.33. The molecule has 0 aliphatic heterocycles. The van der Waals surface area contributed by atoms with Crippen LogP contribution in [0.3, 0.4) is 0 Å². The molecule has 1 amide bonds. The summed E-state index contributed by atoms with van der Waals surface area (Å²) in [5, 5.41) is 2.52. The van der Waals surface area contributed by atoms with Gasteiger partial charge in [0.1, 0.15) is 6.04 Å². The fourth-order valence-electron chi connectivity index (χ4n) is 2.01. The molecule has 0 saturated heterocycles. The van der Waals surface area contributed by atoms with Gasteiger partial charge in [0.15, 0.2) is 6.61 Å². The van der Waals surface area contributed by atoms with E-state index in [4.69, 9.17) is 4.74 Å². The van der Waals surface area contributed by atoms with Crippen LogP contribution in [-0.2, 0) is 29.9 Å². The lowest BCUT2D eigenvalue weighted by atomic mass is 9.99.